The topological polar surface area (TPSA) is 81.7 Å². The van der Waals surface area contributed by atoms with Crippen molar-refractivity contribution in [1.29, 1.82) is 0 Å². The number of amides is 1. The van der Waals surface area contributed by atoms with Gasteiger partial charge in [-0.05, 0) is 12.8 Å². The molecule has 0 aliphatic heterocycles. The lowest BCUT2D eigenvalue weighted by atomic mass is 10.1. The number of nitrogens with one attached hydrogen (secondary N) is 1. The Balaban J connectivity index is 3.95. The molecule has 0 rings (SSSR count). The van der Waals surface area contributed by atoms with E-state index in [9.17, 15) is 14.4 Å². The molecule has 1 unspecified atom stereocenters. The number of unbranched alkanes of at least 4 members (excludes halogenated alkanes) is 1. The van der Waals surface area contributed by atoms with Crippen LogP contribution in [0.3, 0.4) is 0 Å². The summed E-state index contributed by atoms with van der Waals surface area (Å²) in [4.78, 5) is 33.0. The Morgan fingerprint density at radius 1 is 1.12 bits per heavy atom. The van der Waals surface area contributed by atoms with Gasteiger partial charge in [-0.25, -0.2) is 4.79 Å². The number of esters is 2. The standard InChI is InChI=1S/C11H19NO5/c1-8(13)12-9(11(15)17-3)6-4-5-7-10(14)16-2/h9H,4-7H2,1-3H3,(H,12,13). The molecule has 0 fully saturated rings. The van der Waals surface area contributed by atoms with E-state index in [4.69, 9.17) is 0 Å². The average Bonchev–Trinajstić information content (AvgIpc) is 2.31. The highest BCUT2D eigenvalue weighted by atomic mass is 16.5. The van der Waals surface area contributed by atoms with Gasteiger partial charge in [0.05, 0.1) is 14.2 Å². The molecular weight excluding hydrogens is 226 g/mol. The van der Waals surface area contributed by atoms with Crippen LogP contribution in [0.2, 0.25) is 0 Å². The van der Waals surface area contributed by atoms with Crippen LogP contribution in [0.4, 0.5) is 0 Å². The first-order valence-corrected chi connectivity index (χ1v) is 5.43. The molecule has 0 aromatic rings. The van der Waals surface area contributed by atoms with Crippen molar-refractivity contribution in [1.82, 2.24) is 5.32 Å². The number of carbonyl (C=O) groups excluding carboxylic acids is 3. The summed E-state index contributed by atoms with van der Waals surface area (Å²) >= 11 is 0. The molecule has 0 spiro atoms. The summed E-state index contributed by atoms with van der Waals surface area (Å²) in [5, 5.41) is 2.50. The number of carbonyl (C=O) groups is 3. The molecule has 6 nitrogen and oxygen atoms in total. The molecule has 0 aliphatic rings. The number of hydrogen-bond donors (Lipinski definition) is 1. The van der Waals surface area contributed by atoms with Crippen LogP contribution in [-0.2, 0) is 23.9 Å². The van der Waals surface area contributed by atoms with Crippen LogP contribution in [0.5, 0.6) is 0 Å². The van der Waals surface area contributed by atoms with Crippen molar-refractivity contribution in [3.63, 3.8) is 0 Å². The molecule has 1 amide bonds. The SMILES string of the molecule is COC(=O)CCCCC(NC(C)=O)C(=O)OC. The van der Waals surface area contributed by atoms with Crippen molar-refractivity contribution in [3.05, 3.63) is 0 Å². The smallest absolute Gasteiger partial charge is 0.328 e. The summed E-state index contributed by atoms with van der Waals surface area (Å²) in [7, 11) is 2.60. The highest BCUT2D eigenvalue weighted by Gasteiger charge is 2.19. The number of methoxy groups -OCH3 is 2. The number of ether oxygens (including phenoxy) is 2. The van der Waals surface area contributed by atoms with Gasteiger partial charge in [-0.3, -0.25) is 9.59 Å². The Bertz CT molecular complexity index is 277. The third-order valence-corrected chi connectivity index (χ3v) is 2.21. The van der Waals surface area contributed by atoms with Gasteiger partial charge in [0.25, 0.3) is 0 Å². The van der Waals surface area contributed by atoms with Crippen LogP contribution in [0.25, 0.3) is 0 Å². The van der Waals surface area contributed by atoms with E-state index in [1.54, 1.807) is 0 Å². The molecule has 1 N–H and O–H groups in total. The maximum absolute atomic E-state index is 11.3. The number of hydrogen-bond acceptors (Lipinski definition) is 5. The van der Waals surface area contributed by atoms with E-state index in [2.05, 4.69) is 14.8 Å². The molecule has 0 aromatic carbocycles. The molecule has 0 aliphatic carbocycles. The van der Waals surface area contributed by atoms with Gasteiger partial charge in [0.2, 0.25) is 5.91 Å². The van der Waals surface area contributed by atoms with Gasteiger partial charge in [-0.15, -0.1) is 0 Å². The van der Waals surface area contributed by atoms with E-state index in [-0.39, 0.29) is 11.9 Å². The van der Waals surface area contributed by atoms with E-state index >= 15 is 0 Å². The second-order valence-corrected chi connectivity index (χ2v) is 3.60. The first-order valence-electron chi connectivity index (χ1n) is 5.43. The van der Waals surface area contributed by atoms with Crippen LogP contribution in [0.1, 0.15) is 32.6 Å². The molecule has 0 radical (unpaired) electrons. The Labute approximate surface area is 101 Å². The summed E-state index contributed by atoms with van der Waals surface area (Å²) in [5.41, 5.74) is 0. The van der Waals surface area contributed by atoms with Crippen molar-refractivity contribution in [2.75, 3.05) is 14.2 Å². The summed E-state index contributed by atoms with van der Waals surface area (Å²) in [5.74, 6) is -1.04. The molecule has 1 atom stereocenters. The van der Waals surface area contributed by atoms with Gasteiger partial charge in [-0.2, -0.15) is 0 Å². The lowest BCUT2D eigenvalue weighted by molar-refractivity contribution is -0.145. The molecular formula is C11H19NO5. The van der Waals surface area contributed by atoms with Crippen molar-refractivity contribution in [2.45, 2.75) is 38.6 Å². The minimum atomic E-state index is -0.643. The third kappa shape index (κ3) is 7.32. The normalized spacial score (nSPS) is 11.5. The van der Waals surface area contributed by atoms with Crippen LogP contribution in [-0.4, -0.2) is 38.1 Å². The largest absolute Gasteiger partial charge is 0.469 e. The molecule has 17 heavy (non-hydrogen) atoms. The first kappa shape index (κ1) is 15.4. The zero-order chi connectivity index (χ0) is 13.3. The minimum absolute atomic E-state index is 0.279. The van der Waals surface area contributed by atoms with E-state index in [1.807, 2.05) is 0 Å². The van der Waals surface area contributed by atoms with Crippen molar-refractivity contribution in [2.24, 2.45) is 0 Å². The molecule has 0 saturated heterocycles. The van der Waals surface area contributed by atoms with Crippen molar-refractivity contribution in [3.8, 4) is 0 Å². The van der Waals surface area contributed by atoms with Gasteiger partial charge >= 0.3 is 11.9 Å². The quantitative estimate of drug-likeness (QED) is 0.518. The Morgan fingerprint density at radius 2 is 1.76 bits per heavy atom. The molecule has 98 valence electrons. The second kappa shape index (κ2) is 8.55. The van der Waals surface area contributed by atoms with E-state index < -0.39 is 12.0 Å². The Hall–Kier alpha value is -1.59. The lowest BCUT2D eigenvalue weighted by Gasteiger charge is -2.14. The molecule has 0 saturated carbocycles. The monoisotopic (exact) mass is 245 g/mol. The maximum atomic E-state index is 11.3. The molecule has 0 heterocycles. The van der Waals surface area contributed by atoms with Crippen molar-refractivity contribution < 1.29 is 23.9 Å². The minimum Gasteiger partial charge on any atom is -0.469 e. The van der Waals surface area contributed by atoms with Crippen LogP contribution in [0.15, 0.2) is 0 Å². The lowest BCUT2D eigenvalue weighted by Crippen LogP contribution is -2.40. The van der Waals surface area contributed by atoms with Gasteiger partial charge in [0.15, 0.2) is 0 Å². The summed E-state index contributed by atoms with van der Waals surface area (Å²) in [6.07, 6.45) is 2.00. The average molecular weight is 245 g/mol. The van der Waals surface area contributed by atoms with Crippen molar-refractivity contribution >= 4 is 17.8 Å². The van der Waals surface area contributed by atoms with Crippen LogP contribution >= 0.6 is 0 Å². The second-order valence-electron chi connectivity index (χ2n) is 3.60. The van der Waals surface area contributed by atoms with E-state index in [1.165, 1.54) is 21.1 Å². The predicted molar refractivity (Wildman–Crippen MR) is 60.1 cm³/mol. The predicted octanol–water partition coefficient (Wildman–Crippen LogP) is 0.398. The Kier molecular flexibility index (Phi) is 7.75. The maximum Gasteiger partial charge on any atom is 0.328 e. The highest BCUT2D eigenvalue weighted by molar-refractivity contribution is 5.83. The molecule has 6 heteroatoms. The molecule has 0 aromatic heterocycles. The summed E-state index contributed by atoms with van der Waals surface area (Å²) in [6, 6.07) is -0.643. The first-order chi connectivity index (χ1) is 8.01. The third-order valence-electron chi connectivity index (χ3n) is 2.21. The fraction of sp³-hybridized carbons (Fsp3) is 0.727. The summed E-state index contributed by atoms with van der Waals surface area (Å²) < 4.78 is 9.06. The fourth-order valence-electron chi connectivity index (χ4n) is 1.36. The van der Waals surface area contributed by atoms with Crippen LogP contribution in [0, 0.1) is 0 Å². The zero-order valence-corrected chi connectivity index (χ0v) is 10.4. The van der Waals surface area contributed by atoms with E-state index in [0.29, 0.717) is 25.7 Å². The zero-order valence-electron chi connectivity index (χ0n) is 10.4. The summed E-state index contributed by atoms with van der Waals surface area (Å²) in [6.45, 7) is 1.34. The van der Waals surface area contributed by atoms with Crippen LogP contribution < -0.4 is 5.32 Å². The van der Waals surface area contributed by atoms with Gasteiger partial charge in [-0.1, -0.05) is 6.42 Å². The van der Waals surface area contributed by atoms with Gasteiger partial charge < -0.3 is 14.8 Å². The fourth-order valence-corrected chi connectivity index (χ4v) is 1.36. The molecule has 0 bridgehead atoms. The van der Waals surface area contributed by atoms with E-state index in [0.717, 1.165) is 0 Å². The van der Waals surface area contributed by atoms with Gasteiger partial charge in [0.1, 0.15) is 6.04 Å². The highest BCUT2D eigenvalue weighted by Crippen LogP contribution is 2.06. The number of rotatable bonds is 7. The Morgan fingerprint density at radius 3 is 2.24 bits per heavy atom. The van der Waals surface area contributed by atoms with Gasteiger partial charge in [0, 0.05) is 13.3 Å².